The summed E-state index contributed by atoms with van der Waals surface area (Å²) in [5, 5.41) is 5.34. The molecule has 33 heavy (non-hydrogen) atoms. The summed E-state index contributed by atoms with van der Waals surface area (Å²) in [4.78, 5) is 19.2. The summed E-state index contributed by atoms with van der Waals surface area (Å²) in [7, 11) is 0. The Morgan fingerprint density at radius 1 is 1.21 bits per heavy atom. The molecular formula is C25H25ClN4O2S. The number of piperidine rings is 1. The Bertz CT molecular complexity index is 1340. The number of hydrogen-bond acceptors (Lipinski definition) is 5. The maximum atomic E-state index is 13.7. The second kappa shape index (κ2) is 8.01. The lowest BCUT2D eigenvalue weighted by Crippen LogP contribution is -2.39. The molecule has 4 aromatic rings. The van der Waals surface area contributed by atoms with Crippen LogP contribution in [0.5, 0.6) is 0 Å². The highest BCUT2D eigenvalue weighted by Gasteiger charge is 2.54. The zero-order chi connectivity index (χ0) is 22.7. The van der Waals surface area contributed by atoms with Crippen LogP contribution in [0.3, 0.4) is 0 Å². The number of carbonyl (C=O) groups excluding carboxylic acids is 1. The van der Waals surface area contributed by atoms with Crippen LogP contribution in [0.2, 0.25) is 4.34 Å². The molecule has 2 aliphatic rings. The monoisotopic (exact) mass is 480 g/mol. The number of nitrogens with zero attached hydrogens (tertiary/aromatic N) is 4. The largest absolute Gasteiger partial charge is 0.355 e. The third kappa shape index (κ3) is 3.68. The number of aromatic nitrogens is 2. The van der Waals surface area contributed by atoms with Crippen molar-refractivity contribution in [2.24, 2.45) is 0 Å². The van der Waals surface area contributed by atoms with Crippen molar-refractivity contribution in [3.05, 3.63) is 64.3 Å². The molecule has 0 spiro atoms. The van der Waals surface area contributed by atoms with Gasteiger partial charge < -0.3 is 14.0 Å². The molecule has 8 heteroatoms. The normalized spacial score (nSPS) is 20.5. The summed E-state index contributed by atoms with van der Waals surface area (Å²) in [5.41, 5.74) is 2.52. The van der Waals surface area contributed by atoms with E-state index in [0.717, 1.165) is 41.0 Å². The van der Waals surface area contributed by atoms with E-state index >= 15 is 0 Å². The van der Waals surface area contributed by atoms with Gasteiger partial charge in [-0.1, -0.05) is 35.0 Å². The second-order valence-corrected chi connectivity index (χ2v) is 10.9. The molecule has 5 heterocycles. The highest BCUT2D eigenvalue weighted by molar-refractivity contribution is 7.19. The molecule has 2 atom stereocenters. The number of para-hydroxylation sites is 1. The van der Waals surface area contributed by atoms with Crippen molar-refractivity contribution in [2.45, 2.75) is 44.9 Å². The van der Waals surface area contributed by atoms with E-state index in [-0.39, 0.29) is 5.91 Å². The summed E-state index contributed by atoms with van der Waals surface area (Å²) >= 11 is 7.53. The van der Waals surface area contributed by atoms with Crippen LogP contribution in [0.15, 0.2) is 53.1 Å². The molecule has 0 bridgehead atoms. The van der Waals surface area contributed by atoms with Crippen LogP contribution < -0.4 is 0 Å². The van der Waals surface area contributed by atoms with Crippen molar-refractivity contribution in [3.63, 3.8) is 0 Å². The van der Waals surface area contributed by atoms with Crippen molar-refractivity contribution in [1.82, 2.24) is 19.5 Å². The van der Waals surface area contributed by atoms with Gasteiger partial charge in [-0.05, 0) is 44.5 Å². The Kier molecular flexibility index (Phi) is 5.09. The van der Waals surface area contributed by atoms with Crippen LogP contribution in [0.4, 0.5) is 0 Å². The van der Waals surface area contributed by atoms with Crippen molar-refractivity contribution in [3.8, 4) is 10.6 Å². The van der Waals surface area contributed by atoms with E-state index in [0.29, 0.717) is 40.5 Å². The number of halogens is 1. The minimum atomic E-state index is 0.112. The Labute approximate surface area is 201 Å². The number of amides is 1. The summed E-state index contributed by atoms with van der Waals surface area (Å²) in [6.45, 7) is 6.94. The Balaban J connectivity index is 1.31. The van der Waals surface area contributed by atoms with Gasteiger partial charge in [-0.15, -0.1) is 11.3 Å². The molecular weight excluding hydrogens is 456 g/mol. The van der Waals surface area contributed by atoms with Crippen LogP contribution in [0, 0.1) is 0 Å². The minimum Gasteiger partial charge on any atom is -0.355 e. The standard InChI is InChI=1S/C25H25ClN4O2S/c1-15(2)28-10-9-19-21(14-28)30(19)25(31)20-11-16-5-3-4-6-18(16)29(20)13-17-12-22(32-27-17)23-7-8-24(26)33-23/h3-8,11-12,15,19,21H,9-10,13-14H2,1-2H3. The predicted molar refractivity (Wildman–Crippen MR) is 131 cm³/mol. The molecule has 0 N–H and O–H groups in total. The maximum absolute atomic E-state index is 13.7. The van der Waals surface area contributed by atoms with Gasteiger partial charge in [0.25, 0.3) is 5.91 Å². The quantitative estimate of drug-likeness (QED) is 0.360. The third-order valence-corrected chi connectivity index (χ3v) is 8.14. The zero-order valence-corrected chi connectivity index (χ0v) is 20.1. The SMILES string of the molecule is CC(C)N1CCC2C(C1)N2C(=O)c1cc2ccccc2n1Cc1cc(-c2ccc(Cl)s2)on1. The molecule has 2 unspecified atom stereocenters. The number of thiophene rings is 1. The van der Waals surface area contributed by atoms with Crippen molar-refractivity contribution < 1.29 is 9.32 Å². The number of fused-ring (bicyclic) bond motifs is 2. The van der Waals surface area contributed by atoms with Gasteiger partial charge in [-0.25, -0.2) is 0 Å². The molecule has 170 valence electrons. The molecule has 0 radical (unpaired) electrons. The number of rotatable bonds is 5. The molecule has 0 saturated carbocycles. The first kappa shape index (κ1) is 21.0. The van der Waals surface area contributed by atoms with E-state index < -0.39 is 0 Å². The molecule has 2 fully saturated rings. The van der Waals surface area contributed by atoms with Gasteiger partial charge in [0.1, 0.15) is 11.4 Å². The lowest BCUT2D eigenvalue weighted by atomic mass is 10.1. The summed E-state index contributed by atoms with van der Waals surface area (Å²) < 4.78 is 8.37. The third-order valence-electron chi connectivity index (χ3n) is 6.89. The van der Waals surface area contributed by atoms with E-state index in [4.69, 9.17) is 16.1 Å². The van der Waals surface area contributed by atoms with E-state index in [9.17, 15) is 4.79 Å². The first-order valence-electron chi connectivity index (χ1n) is 11.4. The highest BCUT2D eigenvalue weighted by atomic mass is 35.5. The number of likely N-dealkylation sites (tertiary alicyclic amines) is 1. The van der Waals surface area contributed by atoms with Gasteiger partial charge in [0.05, 0.1) is 27.8 Å². The van der Waals surface area contributed by atoms with Crippen molar-refractivity contribution >= 4 is 39.7 Å². The summed E-state index contributed by atoms with van der Waals surface area (Å²) in [6, 6.07) is 17.1. The fraction of sp³-hybridized carbons (Fsp3) is 0.360. The fourth-order valence-corrected chi connectivity index (χ4v) is 6.07. The van der Waals surface area contributed by atoms with Gasteiger partial charge in [-0.2, -0.15) is 0 Å². The molecule has 2 aliphatic heterocycles. The highest BCUT2D eigenvalue weighted by Crippen LogP contribution is 2.38. The van der Waals surface area contributed by atoms with Gasteiger partial charge in [0.15, 0.2) is 5.76 Å². The zero-order valence-electron chi connectivity index (χ0n) is 18.6. The molecule has 0 aliphatic carbocycles. The molecule has 2 saturated heterocycles. The van der Waals surface area contributed by atoms with Crippen LogP contribution in [0.1, 0.15) is 36.5 Å². The average molecular weight is 481 g/mol. The molecule has 3 aromatic heterocycles. The van der Waals surface area contributed by atoms with E-state index in [2.05, 4.69) is 45.5 Å². The number of benzene rings is 1. The second-order valence-electron chi connectivity index (χ2n) is 9.19. The molecule has 6 nitrogen and oxygen atoms in total. The smallest absolute Gasteiger partial charge is 0.271 e. The summed E-state index contributed by atoms with van der Waals surface area (Å²) in [5.74, 6) is 0.803. The van der Waals surface area contributed by atoms with Crippen LogP contribution in [-0.2, 0) is 6.54 Å². The Morgan fingerprint density at radius 2 is 2.06 bits per heavy atom. The van der Waals surface area contributed by atoms with Crippen LogP contribution in [0.25, 0.3) is 21.5 Å². The lowest BCUT2D eigenvalue weighted by Gasteiger charge is -2.28. The average Bonchev–Trinajstić information content (AvgIpc) is 3.14. The van der Waals surface area contributed by atoms with Crippen LogP contribution >= 0.6 is 22.9 Å². The number of hydrogen-bond donors (Lipinski definition) is 0. The fourth-order valence-electron chi connectivity index (χ4n) is 5.08. The molecule has 1 amide bonds. The number of carbonyl (C=O) groups is 1. The van der Waals surface area contributed by atoms with E-state index in [1.165, 1.54) is 11.3 Å². The minimum absolute atomic E-state index is 0.112. The molecule has 1 aromatic carbocycles. The predicted octanol–water partition coefficient (Wildman–Crippen LogP) is 5.37. The molecule has 6 rings (SSSR count). The lowest BCUT2D eigenvalue weighted by molar-refractivity contribution is 0.0854. The van der Waals surface area contributed by atoms with Gasteiger partial charge >= 0.3 is 0 Å². The van der Waals surface area contributed by atoms with Crippen LogP contribution in [-0.4, -0.2) is 56.6 Å². The van der Waals surface area contributed by atoms with E-state index in [1.54, 1.807) is 0 Å². The first-order chi connectivity index (χ1) is 16.0. The van der Waals surface area contributed by atoms with Gasteiger partial charge in [0.2, 0.25) is 0 Å². The summed E-state index contributed by atoms with van der Waals surface area (Å²) in [6.07, 6.45) is 1.05. The van der Waals surface area contributed by atoms with Gasteiger partial charge in [-0.3, -0.25) is 9.69 Å². The van der Waals surface area contributed by atoms with Crippen molar-refractivity contribution in [1.29, 1.82) is 0 Å². The van der Waals surface area contributed by atoms with E-state index in [1.807, 2.05) is 36.4 Å². The Morgan fingerprint density at radius 3 is 2.85 bits per heavy atom. The Hall–Kier alpha value is -2.61. The van der Waals surface area contributed by atoms with Gasteiger partial charge in [0, 0.05) is 36.1 Å². The first-order valence-corrected chi connectivity index (χ1v) is 12.6. The topological polar surface area (TPSA) is 54.3 Å². The maximum Gasteiger partial charge on any atom is 0.271 e. The van der Waals surface area contributed by atoms with Crippen molar-refractivity contribution in [2.75, 3.05) is 13.1 Å².